The van der Waals surface area contributed by atoms with Crippen LogP contribution in [0.15, 0.2) is 0 Å². The minimum Gasteiger partial charge on any atom is -0.0622 e. The zero-order valence-corrected chi connectivity index (χ0v) is 10.3. The van der Waals surface area contributed by atoms with Crippen LogP contribution in [0.5, 0.6) is 0 Å². The second-order valence-electron chi connectivity index (χ2n) is 6.38. The first-order valence-electron chi connectivity index (χ1n) is 6.55. The van der Waals surface area contributed by atoms with E-state index in [4.69, 9.17) is 0 Å². The smallest absolute Gasteiger partial charge is 0.0272 e. The molecule has 0 heterocycles. The molecule has 0 aromatic rings. The van der Waals surface area contributed by atoms with Crippen LogP contribution in [0, 0.1) is 29.1 Å². The zero-order chi connectivity index (χ0) is 10.3. The van der Waals surface area contributed by atoms with E-state index in [0.717, 1.165) is 23.7 Å². The van der Waals surface area contributed by atoms with Crippen molar-refractivity contribution < 1.29 is 0 Å². The Hall–Kier alpha value is 0. The molecule has 0 saturated heterocycles. The first-order valence-corrected chi connectivity index (χ1v) is 6.55. The summed E-state index contributed by atoms with van der Waals surface area (Å²) in [5.41, 5.74) is 0.684. The molecule has 14 heavy (non-hydrogen) atoms. The minimum atomic E-state index is 0.684. The average molecular weight is 194 g/mol. The summed E-state index contributed by atoms with van der Waals surface area (Å²) in [7, 11) is 0. The van der Waals surface area contributed by atoms with Gasteiger partial charge in [-0.2, -0.15) is 0 Å². The van der Waals surface area contributed by atoms with Crippen molar-refractivity contribution in [2.45, 2.75) is 59.8 Å². The van der Waals surface area contributed by atoms with E-state index < -0.39 is 0 Å². The van der Waals surface area contributed by atoms with Gasteiger partial charge in [0.2, 0.25) is 0 Å². The molecule has 0 radical (unpaired) electrons. The van der Waals surface area contributed by atoms with Gasteiger partial charge in [-0.15, -0.1) is 0 Å². The fourth-order valence-electron chi connectivity index (χ4n) is 3.96. The molecule has 0 aromatic carbocycles. The van der Waals surface area contributed by atoms with Crippen LogP contribution in [-0.4, -0.2) is 0 Å². The maximum absolute atomic E-state index is 2.54. The van der Waals surface area contributed by atoms with Crippen molar-refractivity contribution in [1.29, 1.82) is 0 Å². The summed E-state index contributed by atoms with van der Waals surface area (Å²) in [5.74, 6) is 4.02. The summed E-state index contributed by atoms with van der Waals surface area (Å²) >= 11 is 0. The largest absolute Gasteiger partial charge is 0.0622 e. The van der Waals surface area contributed by atoms with Crippen LogP contribution in [0.25, 0.3) is 0 Å². The lowest BCUT2D eigenvalue weighted by Crippen LogP contribution is -2.46. The van der Waals surface area contributed by atoms with Gasteiger partial charge in [0, 0.05) is 0 Å². The first kappa shape index (κ1) is 10.5. The predicted molar refractivity (Wildman–Crippen MR) is 62.2 cm³/mol. The van der Waals surface area contributed by atoms with E-state index in [2.05, 4.69) is 27.7 Å². The van der Waals surface area contributed by atoms with Gasteiger partial charge >= 0.3 is 0 Å². The first-order chi connectivity index (χ1) is 6.55. The quantitative estimate of drug-likeness (QED) is 0.607. The normalized spacial score (nSPS) is 48.2. The predicted octanol–water partition coefficient (Wildman–Crippen LogP) is 4.49. The van der Waals surface area contributed by atoms with Gasteiger partial charge < -0.3 is 0 Å². The highest BCUT2D eigenvalue weighted by Gasteiger charge is 2.49. The highest BCUT2D eigenvalue weighted by Crippen LogP contribution is 2.58. The van der Waals surface area contributed by atoms with Gasteiger partial charge in [0.1, 0.15) is 0 Å². The molecule has 0 heteroatoms. The third-order valence-corrected chi connectivity index (χ3v) is 5.60. The SMILES string of the molecule is CC(C)[C@@]1(C)CCC1C1CCC[C@@H]1C. The van der Waals surface area contributed by atoms with Gasteiger partial charge in [-0.1, -0.05) is 40.5 Å². The standard InChI is InChI=1S/C14H26/c1-10(2)14(4)9-8-13(14)12-7-5-6-11(12)3/h10-13H,5-9H2,1-4H3/t11-,12?,13?,14+/m0/s1. The maximum atomic E-state index is 2.54. The van der Waals surface area contributed by atoms with Crippen molar-refractivity contribution in [2.75, 3.05) is 0 Å². The molecule has 0 bridgehead atoms. The van der Waals surface area contributed by atoms with E-state index in [-0.39, 0.29) is 0 Å². The molecule has 4 atom stereocenters. The summed E-state index contributed by atoms with van der Waals surface area (Å²) in [6.45, 7) is 9.87. The van der Waals surface area contributed by atoms with Crippen LogP contribution < -0.4 is 0 Å². The molecule has 2 saturated carbocycles. The van der Waals surface area contributed by atoms with Crippen LogP contribution in [0.3, 0.4) is 0 Å². The number of rotatable bonds is 2. The van der Waals surface area contributed by atoms with Gasteiger partial charge in [-0.05, 0) is 48.3 Å². The van der Waals surface area contributed by atoms with E-state index in [1.54, 1.807) is 0 Å². The summed E-state index contributed by atoms with van der Waals surface area (Å²) in [5, 5.41) is 0. The van der Waals surface area contributed by atoms with Crippen LogP contribution in [0.2, 0.25) is 0 Å². The van der Waals surface area contributed by atoms with Gasteiger partial charge in [-0.25, -0.2) is 0 Å². The van der Waals surface area contributed by atoms with Crippen LogP contribution in [0.1, 0.15) is 59.8 Å². The molecule has 2 unspecified atom stereocenters. The summed E-state index contributed by atoms with van der Waals surface area (Å²) in [6, 6.07) is 0. The fraction of sp³-hybridized carbons (Fsp3) is 1.00. The Morgan fingerprint density at radius 1 is 1.14 bits per heavy atom. The Labute approximate surface area is 89.5 Å². The third-order valence-electron chi connectivity index (χ3n) is 5.60. The van der Waals surface area contributed by atoms with Gasteiger partial charge in [0.05, 0.1) is 0 Å². The number of hydrogen-bond donors (Lipinski definition) is 0. The summed E-state index contributed by atoms with van der Waals surface area (Å²) < 4.78 is 0. The van der Waals surface area contributed by atoms with Crippen LogP contribution in [-0.2, 0) is 0 Å². The van der Waals surface area contributed by atoms with E-state index in [1.807, 2.05) is 0 Å². The third kappa shape index (κ3) is 1.42. The second kappa shape index (κ2) is 3.54. The maximum Gasteiger partial charge on any atom is -0.0272 e. The lowest BCUT2D eigenvalue weighted by atomic mass is 9.51. The van der Waals surface area contributed by atoms with Crippen molar-refractivity contribution in [3.8, 4) is 0 Å². The molecule has 0 nitrogen and oxygen atoms in total. The average Bonchev–Trinajstić information content (AvgIpc) is 2.49. The molecule has 82 valence electrons. The van der Waals surface area contributed by atoms with Crippen LogP contribution >= 0.6 is 0 Å². The van der Waals surface area contributed by atoms with Gasteiger partial charge in [-0.3, -0.25) is 0 Å². The number of hydrogen-bond acceptors (Lipinski definition) is 0. The van der Waals surface area contributed by atoms with Crippen molar-refractivity contribution >= 4 is 0 Å². The Kier molecular flexibility index (Phi) is 2.66. The molecular weight excluding hydrogens is 168 g/mol. The summed E-state index contributed by atoms with van der Waals surface area (Å²) in [6.07, 6.45) is 7.52. The Bertz CT molecular complexity index is 206. The lowest BCUT2D eigenvalue weighted by Gasteiger charge is -2.54. The summed E-state index contributed by atoms with van der Waals surface area (Å²) in [4.78, 5) is 0. The molecule has 0 spiro atoms. The topological polar surface area (TPSA) is 0 Å². The van der Waals surface area contributed by atoms with Crippen molar-refractivity contribution in [2.24, 2.45) is 29.1 Å². The van der Waals surface area contributed by atoms with Crippen LogP contribution in [0.4, 0.5) is 0 Å². The molecule has 0 aliphatic heterocycles. The molecule has 2 aliphatic rings. The minimum absolute atomic E-state index is 0.684. The molecule has 2 aliphatic carbocycles. The van der Waals surface area contributed by atoms with Crippen molar-refractivity contribution in [1.82, 2.24) is 0 Å². The second-order valence-corrected chi connectivity index (χ2v) is 6.38. The molecule has 0 amide bonds. The van der Waals surface area contributed by atoms with Crippen molar-refractivity contribution in [3.05, 3.63) is 0 Å². The van der Waals surface area contributed by atoms with E-state index in [1.165, 1.54) is 32.1 Å². The Morgan fingerprint density at radius 2 is 1.86 bits per heavy atom. The molecule has 0 N–H and O–H groups in total. The van der Waals surface area contributed by atoms with E-state index in [0.29, 0.717) is 5.41 Å². The molecular formula is C14H26. The Balaban J connectivity index is 2.05. The highest BCUT2D eigenvalue weighted by atomic mass is 14.5. The van der Waals surface area contributed by atoms with Gasteiger partial charge in [0.25, 0.3) is 0 Å². The van der Waals surface area contributed by atoms with Crippen molar-refractivity contribution in [3.63, 3.8) is 0 Å². The van der Waals surface area contributed by atoms with E-state index >= 15 is 0 Å². The fourth-order valence-corrected chi connectivity index (χ4v) is 3.96. The van der Waals surface area contributed by atoms with Gasteiger partial charge in [0.15, 0.2) is 0 Å². The zero-order valence-electron chi connectivity index (χ0n) is 10.3. The lowest BCUT2D eigenvalue weighted by molar-refractivity contribution is -0.0471. The van der Waals surface area contributed by atoms with E-state index in [9.17, 15) is 0 Å². The molecule has 2 fully saturated rings. The monoisotopic (exact) mass is 194 g/mol. The Morgan fingerprint density at radius 3 is 2.21 bits per heavy atom. The molecule has 2 rings (SSSR count). The highest BCUT2D eigenvalue weighted by molar-refractivity contribution is 4.99. The molecule has 0 aromatic heterocycles.